The zero-order valence-electron chi connectivity index (χ0n) is 10.2. The fourth-order valence-corrected chi connectivity index (χ4v) is 1.85. The smallest absolute Gasteiger partial charge is 0.308 e. The van der Waals surface area contributed by atoms with Gasteiger partial charge in [0.1, 0.15) is 6.54 Å². The molecule has 0 unspecified atom stereocenters. The Morgan fingerprint density at radius 2 is 2.10 bits per heavy atom. The monoisotopic (exact) mass is 338 g/mol. The first kappa shape index (κ1) is 15.6. The molecule has 2 aromatic heterocycles. The topological polar surface area (TPSA) is 59.8 Å². The lowest BCUT2D eigenvalue weighted by atomic mass is 10.4. The molecule has 1 N–H and O–H groups in total. The van der Waals surface area contributed by atoms with E-state index in [1.54, 1.807) is 0 Å². The maximum absolute atomic E-state index is 12.4. The van der Waals surface area contributed by atoms with E-state index in [4.69, 9.17) is 23.2 Å². The van der Waals surface area contributed by atoms with Gasteiger partial charge in [-0.05, 0) is 12.1 Å². The first-order valence-electron chi connectivity index (χ1n) is 5.47. The number of pyridine rings is 1. The van der Waals surface area contributed by atoms with Crippen LogP contribution in [0.15, 0.2) is 24.5 Å². The normalized spacial score (nSPS) is 11.5. The van der Waals surface area contributed by atoms with Crippen LogP contribution in [0.1, 0.15) is 5.69 Å². The van der Waals surface area contributed by atoms with Crippen molar-refractivity contribution in [3.8, 4) is 0 Å². The number of hydrogen-bond acceptors (Lipinski definition) is 3. The summed E-state index contributed by atoms with van der Waals surface area (Å²) in [6.45, 7) is -0.406. The standard InChI is InChI=1S/C11H7Cl2F3N4O/c12-6-3-7(13)10(17-4-6)18-9(21)5-20-2-1-8(19-20)11(14,15)16/h1-4H,5H2,(H,17,18,21). The molecule has 0 saturated heterocycles. The summed E-state index contributed by atoms with van der Waals surface area (Å²) >= 11 is 11.5. The van der Waals surface area contributed by atoms with Gasteiger partial charge in [0, 0.05) is 12.4 Å². The molecule has 0 aliphatic rings. The van der Waals surface area contributed by atoms with E-state index in [9.17, 15) is 18.0 Å². The summed E-state index contributed by atoms with van der Waals surface area (Å²) in [5, 5.41) is 6.02. The molecule has 112 valence electrons. The predicted molar refractivity (Wildman–Crippen MR) is 70.1 cm³/mol. The van der Waals surface area contributed by atoms with E-state index in [1.165, 1.54) is 12.3 Å². The van der Waals surface area contributed by atoms with E-state index in [2.05, 4.69) is 15.4 Å². The molecule has 0 saturated carbocycles. The highest BCUT2D eigenvalue weighted by Crippen LogP contribution is 2.27. The Balaban J connectivity index is 2.03. The molecule has 21 heavy (non-hydrogen) atoms. The molecule has 2 rings (SSSR count). The molecule has 0 spiro atoms. The van der Waals surface area contributed by atoms with Crippen molar-refractivity contribution in [2.24, 2.45) is 0 Å². The van der Waals surface area contributed by atoms with Crippen molar-refractivity contribution in [3.63, 3.8) is 0 Å². The molecule has 2 heterocycles. The molecule has 0 bridgehead atoms. The molecular formula is C11H7Cl2F3N4O. The third-order valence-corrected chi connectivity index (χ3v) is 2.80. The largest absolute Gasteiger partial charge is 0.435 e. The van der Waals surface area contributed by atoms with Crippen molar-refractivity contribution < 1.29 is 18.0 Å². The third kappa shape index (κ3) is 4.08. The number of alkyl halides is 3. The van der Waals surface area contributed by atoms with Gasteiger partial charge in [-0.3, -0.25) is 9.48 Å². The minimum absolute atomic E-state index is 0.0641. The van der Waals surface area contributed by atoms with Gasteiger partial charge in [0.2, 0.25) is 5.91 Å². The number of amides is 1. The fourth-order valence-electron chi connectivity index (χ4n) is 1.43. The van der Waals surface area contributed by atoms with Gasteiger partial charge < -0.3 is 5.32 Å². The average Bonchev–Trinajstić information content (AvgIpc) is 2.81. The molecule has 2 aromatic rings. The van der Waals surface area contributed by atoms with Gasteiger partial charge in [-0.25, -0.2) is 4.98 Å². The van der Waals surface area contributed by atoms with Crippen LogP contribution in [0.4, 0.5) is 19.0 Å². The molecule has 1 amide bonds. The first-order chi connectivity index (χ1) is 9.75. The van der Waals surface area contributed by atoms with E-state index in [1.807, 2.05) is 0 Å². The zero-order valence-corrected chi connectivity index (χ0v) is 11.7. The lowest BCUT2D eigenvalue weighted by molar-refractivity contribution is -0.141. The molecule has 5 nitrogen and oxygen atoms in total. The predicted octanol–water partition coefficient (Wildman–Crippen LogP) is 3.24. The van der Waals surface area contributed by atoms with Crippen molar-refractivity contribution in [1.29, 1.82) is 0 Å². The number of anilines is 1. The minimum atomic E-state index is -4.55. The van der Waals surface area contributed by atoms with Crippen molar-refractivity contribution in [3.05, 3.63) is 40.3 Å². The molecule has 0 radical (unpaired) electrons. The summed E-state index contributed by atoms with van der Waals surface area (Å²) in [6.07, 6.45) is -2.22. The van der Waals surface area contributed by atoms with E-state index in [-0.39, 0.29) is 10.8 Å². The van der Waals surface area contributed by atoms with Crippen molar-refractivity contribution in [2.75, 3.05) is 5.32 Å². The van der Waals surface area contributed by atoms with Crippen LogP contribution in [0.5, 0.6) is 0 Å². The zero-order chi connectivity index (χ0) is 15.6. The molecule has 0 aromatic carbocycles. The third-order valence-electron chi connectivity index (χ3n) is 2.30. The molecule has 0 fully saturated rings. The second-order valence-electron chi connectivity index (χ2n) is 3.93. The van der Waals surface area contributed by atoms with Crippen molar-refractivity contribution in [1.82, 2.24) is 14.8 Å². The highest BCUT2D eigenvalue weighted by molar-refractivity contribution is 6.36. The van der Waals surface area contributed by atoms with E-state index in [0.29, 0.717) is 5.02 Å². The maximum Gasteiger partial charge on any atom is 0.435 e. The van der Waals surface area contributed by atoms with Crippen LogP contribution in [0.3, 0.4) is 0 Å². The maximum atomic E-state index is 12.4. The molecule has 10 heteroatoms. The number of carbonyl (C=O) groups excluding carboxylic acids is 1. The lowest BCUT2D eigenvalue weighted by Gasteiger charge is -2.06. The quantitative estimate of drug-likeness (QED) is 0.934. The van der Waals surface area contributed by atoms with Crippen LogP contribution < -0.4 is 5.32 Å². The van der Waals surface area contributed by atoms with Crippen LogP contribution in [0.25, 0.3) is 0 Å². The molecule has 0 aliphatic carbocycles. The minimum Gasteiger partial charge on any atom is -0.308 e. The Kier molecular flexibility index (Phi) is 4.38. The SMILES string of the molecule is O=C(Cn1ccc(C(F)(F)F)n1)Nc1ncc(Cl)cc1Cl. The Labute approximate surface area is 126 Å². The summed E-state index contributed by atoms with van der Waals surface area (Å²) in [5.74, 6) is -0.558. The second-order valence-corrected chi connectivity index (χ2v) is 4.77. The number of aromatic nitrogens is 3. The fraction of sp³-hybridized carbons (Fsp3) is 0.182. The van der Waals surface area contributed by atoms with Crippen LogP contribution in [0, 0.1) is 0 Å². The number of nitrogens with one attached hydrogen (secondary N) is 1. The molecule has 0 aliphatic heterocycles. The summed E-state index contributed by atoms with van der Waals surface area (Å²) in [4.78, 5) is 15.5. The van der Waals surface area contributed by atoms with Gasteiger partial charge in [-0.2, -0.15) is 18.3 Å². The van der Waals surface area contributed by atoms with Gasteiger partial charge >= 0.3 is 6.18 Å². The summed E-state index contributed by atoms with van der Waals surface area (Å²) in [7, 11) is 0. The van der Waals surface area contributed by atoms with Crippen LogP contribution in [-0.2, 0) is 17.5 Å². The summed E-state index contributed by atoms with van der Waals surface area (Å²) in [6, 6.07) is 2.15. The van der Waals surface area contributed by atoms with Gasteiger partial charge in [-0.1, -0.05) is 23.2 Å². The van der Waals surface area contributed by atoms with E-state index < -0.39 is 24.3 Å². The van der Waals surface area contributed by atoms with Crippen LogP contribution in [0.2, 0.25) is 10.0 Å². The Morgan fingerprint density at radius 3 is 2.67 bits per heavy atom. The number of hydrogen-bond donors (Lipinski definition) is 1. The number of nitrogens with zero attached hydrogens (tertiary/aromatic N) is 3. The number of halogens is 5. The Hall–Kier alpha value is -1.80. The Morgan fingerprint density at radius 1 is 1.38 bits per heavy atom. The highest BCUT2D eigenvalue weighted by atomic mass is 35.5. The van der Waals surface area contributed by atoms with Gasteiger partial charge in [0.25, 0.3) is 0 Å². The number of rotatable bonds is 3. The lowest BCUT2D eigenvalue weighted by Crippen LogP contribution is -2.20. The average molecular weight is 339 g/mol. The van der Waals surface area contributed by atoms with Crippen molar-refractivity contribution >= 4 is 34.9 Å². The highest BCUT2D eigenvalue weighted by Gasteiger charge is 2.33. The summed E-state index contributed by atoms with van der Waals surface area (Å²) in [5.41, 5.74) is -1.07. The molecule has 0 atom stereocenters. The van der Waals surface area contributed by atoms with Gasteiger partial charge in [-0.15, -0.1) is 0 Å². The van der Waals surface area contributed by atoms with Gasteiger partial charge in [0.15, 0.2) is 11.5 Å². The van der Waals surface area contributed by atoms with Crippen molar-refractivity contribution in [2.45, 2.75) is 12.7 Å². The second kappa shape index (κ2) is 5.90. The Bertz CT molecular complexity index is 672. The van der Waals surface area contributed by atoms with Crippen LogP contribution >= 0.6 is 23.2 Å². The molecular weight excluding hydrogens is 332 g/mol. The first-order valence-corrected chi connectivity index (χ1v) is 6.23. The van der Waals surface area contributed by atoms with E-state index >= 15 is 0 Å². The number of carbonyl (C=O) groups is 1. The van der Waals surface area contributed by atoms with E-state index in [0.717, 1.165) is 16.9 Å². The van der Waals surface area contributed by atoms with Crippen LogP contribution in [-0.4, -0.2) is 20.7 Å². The summed E-state index contributed by atoms with van der Waals surface area (Å²) < 4.78 is 37.9. The van der Waals surface area contributed by atoms with Gasteiger partial charge in [0.05, 0.1) is 10.0 Å².